The highest BCUT2D eigenvalue weighted by molar-refractivity contribution is 5.78. The molecule has 3 nitrogen and oxygen atoms in total. The van der Waals surface area contributed by atoms with Gasteiger partial charge in [-0.1, -0.05) is 11.6 Å². The van der Waals surface area contributed by atoms with Gasteiger partial charge >= 0.3 is 0 Å². The number of nitrogens with zero attached hydrogens (tertiary/aromatic N) is 1. The summed E-state index contributed by atoms with van der Waals surface area (Å²) in [6.07, 6.45) is 10.8. The molecule has 0 aromatic rings. The van der Waals surface area contributed by atoms with Crippen molar-refractivity contribution in [2.45, 2.75) is 44.9 Å². The van der Waals surface area contributed by atoms with Crippen molar-refractivity contribution >= 4 is 5.91 Å². The molecule has 1 aliphatic heterocycles. The smallest absolute Gasteiger partial charge is 0.224 e. The first-order valence-electron chi connectivity index (χ1n) is 7.40. The summed E-state index contributed by atoms with van der Waals surface area (Å²) < 4.78 is 0. The number of piperidine rings is 1. The summed E-state index contributed by atoms with van der Waals surface area (Å²) in [5, 5.41) is 3.11. The molecule has 0 aromatic carbocycles. The summed E-state index contributed by atoms with van der Waals surface area (Å²) >= 11 is 0. The van der Waals surface area contributed by atoms with Crippen LogP contribution < -0.4 is 5.32 Å². The topological polar surface area (TPSA) is 32.3 Å². The van der Waals surface area contributed by atoms with E-state index in [1.807, 2.05) is 0 Å². The molecule has 1 saturated heterocycles. The Hall–Kier alpha value is -0.830. The maximum absolute atomic E-state index is 12.0. The van der Waals surface area contributed by atoms with E-state index in [2.05, 4.69) is 23.3 Å². The van der Waals surface area contributed by atoms with E-state index in [9.17, 15) is 4.79 Å². The molecule has 0 radical (unpaired) electrons. The van der Waals surface area contributed by atoms with Gasteiger partial charge in [-0.05, 0) is 58.5 Å². The van der Waals surface area contributed by atoms with Crippen LogP contribution in [0.5, 0.6) is 0 Å². The van der Waals surface area contributed by atoms with Crippen molar-refractivity contribution in [2.75, 3.05) is 26.7 Å². The number of hydrogen-bond donors (Lipinski definition) is 1. The van der Waals surface area contributed by atoms with E-state index in [1.54, 1.807) is 5.57 Å². The third-order valence-corrected chi connectivity index (χ3v) is 4.13. The number of nitrogens with one attached hydrogen (secondary N) is 1. The van der Waals surface area contributed by atoms with Gasteiger partial charge in [-0.2, -0.15) is 0 Å². The molecule has 2 aliphatic rings. The van der Waals surface area contributed by atoms with Crippen LogP contribution in [0, 0.1) is 5.92 Å². The lowest BCUT2D eigenvalue weighted by atomic mass is 9.96. The molecule has 1 atom stereocenters. The molecule has 18 heavy (non-hydrogen) atoms. The fourth-order valence-electron chi connectivity index (χ4n) is 3.00. The van der Waals surface area contributed by atoms with Gasteiger partial charge in [-0.25, -0.2) is 0 Å². The fraction of sp³-hybridized carbons (Fsp3) is 0.800. The Kier molecular flexibility index (Phi) is 5.24. The van der Waals surface area contributed by atoms with E-state index in [4.69, 9.17) is 0 Å². The predicted molar refractivity (Wildman–Crippen MR) is 74.4 cm³/mol. The molecule has 1 N–H and O–H groups in total. The van der Waals surface area contributed by atoms with E-state index < -0.39 is 0 Å². The summed E-state index contributed by atoms with van der Waals surface area (Å²) in [7, 11) is 2.10. The predicted octanol–water partition coefficient (Wildman–Crippen LogP) is 2.33. The number of amides is 1. The van der Waals surface area contributed by atoms with Gasteiger partial charge < -0.3 is 10.2 Å². The molecular formula is C15H26N2O. The van der Waals surface area contributed by atoms with Gasteiger partial charge in [-0.3, -0.25) is 4.79 Å². The van der Waals surface area contributed by atoms with Crippen LogP contribution in [0.4, 0.5) is 0 Å². The zero-order valence-corrected chi connectivity index (χ0v) is 11.6. The first kappa shape index (κ1) is 13.6. The number of carbonyl (C=O) groups excluding carboxylic acids is 1. The third kappa shape index (κ3) is 4.13. The van der Waals surface area contributed by atoms with Gasteiger partial charge in [0.1, 0.15) is 0 Å². The van der Waals surface area contributed by atoms with Gasteiger partial charge in [0.2, 0.25) is 5.91 Å². The van der Waals surface area contributed by atoms with Crippen LogP contribution in [0.3, 0.4) is 0 Å². The van der Waals surface area contributed by atoms with Crippen molar-refractivity contribution in [3.05, 3.63) is 11.6 Å². The minimum atomic E-state index is 0.212. The van der Waals surface area contributed by atoms with Crippen LogP contribution >= 0.6 is 0 Å². The second-order valence-electron chi connectivity index (χ2n) is 5.75. The van der Waals surface area contributed by atoms with Crippen LogP contribution in [0.15, 0.2) is 11.6 Å². The molecule has 102 valence electrons. The number of carbonyl (C=O) groups is 1. The molecule has 1 aliphatic carbocycles. The standard InChI is InChI=1S/C15H26N2O/c1-17-11-5-8-14(12-17)15(18)16-10-9-13-6-3-2-4-7-13/h6,14H,2-5,7-12H2,1H3,(H,16,18)/t14-/m0/s1. The number of rotatable bonds is 4. The quantitative estimate of drug-likeness (QED) is 0.777. The first-order chi connectivity index (χ1) is 8.75. The van der Waals surface area contributed by atoms with E-state index in [1.165, 1.54) is 25.7 Å². The van der Waals surface area contributed by atoms with Gasteiger partial charge in [0.15, 0.2) is 0 Å². The molecule has 0 spiro atoms. The molecule has 0 aromatic heterocycles. The van der Waals surface area contributed by atoms with Crippen molar-refractivity contribution in [3.8, 4) is 0 Å². The Morgan fingerprint density at radius 1 is 1.44 bits per heavy atom. The minimum absolute atomic E-state index is 0.212. The molecule has 0 unspecified atom stereocenters. The van der Waals surface area contributed by atoms with Crippen LogP contribution in [-0.4, -0.2) is 37.5 Å². The molecule has 2 rings (SSSR count). The van der Waals surface area contributed by atoms with Crippen LogP contribution in [0.2, 0.25) is 0 Å². The third-order valence-electron chi connectivity index (χ3n) is 4.13. The monoisotopic (exact) mass is 250 g/mol. The highest BCUT2D eigenvalue weighted by Crippen LogP contribution is 2.19. The maximum atomic E-state index is 12.0. The van der Waals surface area contributed by atoms with Crippen molar-refractivity contribution < 1.29 is 4.79 Å². The van der Waals surface area contributed by atoms with E-state index in [-0.39, 0.29) is 11.8 Å². The van der Waals surface area contributed by atoms with Crippen molar-refractivity contribution in [1.82, 2.24) is 10.2 Å². The SMILES string of the molecule is CN1CCC[C@H](C(=O)NCCC2=CCCCC2)C1. The zero-order valence-electron chi connectivity index (χ0n) is 11.6. The molecule has 1 amide bonds. The molecule has 0 bridgehead atoms. The van der Waals surface area contributed by atoms with Crippen molar-refractivity contribution in [1.29, 1.82) is 0 Å². The number of hydrogen-bond acceptors (Lipinski definition) is 2. The summed E-state index contributed by atoms with van der Waals surface area (Å²) in [5.74, 6) is 0.474. The average molecular weight is 250 g/mol. The summed E-state index contributed by atoms with van der Waals surface area (Å²) in [6.45, 7) is 2.88. The Morgan fingerprint density at radius 3 is 3.06 bits per heavy atom. The van der Waals surface area contributed by atoms with Crippen molar-refractivity contribution in [2.24, 2.45) is 5.92 Å². The highest BCUT2D eigenvalue weighted by atomic mass is 16.1. The largest absolute Gasteiger partial charge is 0.356 e. The Balaban J connectivity index is 1.66. The van der Waals surface area contributed by atoms with Gasteiger partial charge in [0.05, 0.1) is 5.92 Å². The summed E-state index contributed by atoms with van der Waals surface area (Å²) in [4.78, 5) is 14.3. The molecule has 1 fully saturated rings. The Morgan fingerprint density at radius 2 is 2.33 bits per heavy atom. The minimum Gasteiger partial charge on any atom is -0.356 e. The van der Waals surface area contributed by atoms with E-state index >= 15 is 0 Å². The summed E-state index contributed by atoms with van der Waals surface area (Å²) in [5.41, 5.74) is 1.54. The second kappa shape index (κ2) is 6.93. The molecule has 1 heterocycles. The van der Waals surface area contributed by atoms with E-state index in [0.717, 1.165) is 38.9 Å². The maximum Gasteiger partial charge on any atom is 0.224 e. The van der Waals surface area contributed by atoms with Crippen LogP contribution in [0.25, 0.3) is 0 Å². The lowest BCUT2D eigenvalue weighted by molar-refractivity contribution is -0.126. The fourth-order valence-corrected chi connectivity index (χ4v) is 3.00. The van der Waals surface area contributed by atoms with E-state index in [0.29, 0.717) is 0 Å². The molecular weight excluding hydrogens is 224 g/mol. The van der Waals surface area contributed by atoms with Gasteiger partial charge in [0.25, 0.3) is 0 Å². The van der Waals surface area contributed by atoms with Gasteiger partial charge in [0, 0.05) is 13.1 Å². The Labute approximate surface area is 111 Å². The first-order valence-corrected chi connectivity index (χ1v) is 7.40. The molecule has 0 saturated carbocycles. The number of allylic oxidation sites excluding steroid dienone is 1. The van der Waals surface area contributed by atoms with Crippen LogP contribution in [0.1, 0.15) is 44.9 Å². The van der Waals surface area contributed by atoms with Crippen molar-refractivity contribution in [3.63, 3.8) is 0 Å². The average Bonchev–Trinajstić information content (AvgIpc) is 2.40. The summed E-state index contributed by atoms with van der Waals surface area (Å²) in [6, 6.07) is 0. The lowest BCUT2D eigenvalue weighted by Gasteiger charge is -2.28. The van der Waals surface area contributed by atoms with Gasteiger partial charge in [-0.15, -0.1) is 0 Å². The second-order valence-corrected chi connectivity index (χ2v) is 5.75. The van der Waals surface area contributed by atoms with Crippen LogP contribution in [-0.2, 0) is 4.79 Å². The molecule has 3 heteroatoms. The highest BCUT2D eigenvalue weighted by Gasteiger charge is 2.23. The Bertz CT molecular complexity index is 312. The number of likely N-dealkylation sites (tertiary alicyclic amines) is 1. The lowest BCUT2D eigenvalue weighted by Crippen LogP contribution is -2.41. The zero-order chi connectivity index (χ0) is 12.8. The normalized spacial score (nSPS) is 25.6.